The van der Waals surface area contributed by atoms with Gasteiger partial charge in [0.05, 0.1) is 6.61 Å². The van der Waals surface area contributed by atoms with Gasteiger partial charge in [0.25, 0.3) is 0 Å². The van der Waals surface area contributed by atoms with E-state index in [9.17, 15) is 0 Å². The number of benzene rings is 1. The summed E-state index contributed by atoms with van der Waals surface area (Å²) in [7, 11) is 0. The molecule has 0 atom stereocenters. The molecular formula is C30H66O. The molecular weight excluding hydrogens is 376 g/mol. The van der Waals surface area contributed by atoms with Gasteiger partial charge in [-0.15, -0.1) is 0 Å². The van der Waals surface area contributed by atoms with Gasteiger partial charge in [0, 0.05) is 0 Å². The van der Waals surface area contributed by atoms with Gasteiger partial charge in [-0.05, 0) is 25.5 Å². The predicted molar refractivity (Wildman–Crippen MR) is 152 cm³/mol. The first kappa shape index (κ1) is 43.8. The normalized spacial score (nSPS) is 7.68. The molecule has 31 heavy (non-hydrogen) atoms. The van der Waals surface area contributed by atoms with E-state index in [0.29, 0.717) is 0 Å². The van der Waals surface area contributed by atoms with Crippen LogP contribution in [0.15, 0.2) is 24.3 Å². The third-order valence-electron chi connectivity index (χ3n) is 2.54. The van der Waals surface area contributed by atoms with Crippen LogP contribution in [0.25, 0.3) is 0 Å². The topological polar surface area (TPSA) is 9.23 Å². The molecule has 1 heteroatoms. The van der Waals surface area contributed by atoms with Gasteiger partial charge in [-0.2, -0.15) is 0 Å². The van der Waals surface area contributed by atoms with E-state index in [1.54, 1.807) is 0 Å². The smallest absolute Gasteiger partial charge is 0.119 e. The summed E-state index contributed by atoms with van der Waals surface area (Å²) in [4.78, 5) is 0. The average molecular weight is 443 g/mol. The lowest BCUT2D eigenvalue weighted by atomic mass is 10.2. The Balaban J connectivity index is -0.0000000808. The van der Waals surface area contributed by atoms with Crippen molar-refractivity contribution in [1.29, 1.82) is 0 Å². The maximum atomic E-state index is 5.64. The maximum Gasteiger partial charge on any atom is 0.119 e. The summed E-state index contributed by atoms with van der Waals surface area (Å²) in [5.74, 6) is 0.996. The highest BCUT2D eigenvalue weighted by molar-refractivity contribution is 5.26. The van der Waals surface area contributed by atoms with Gasteiger partial charge in [-0.1, -0.05) is 159 Å². The van der Waals surface area contributed by atoms with Crippen molar-refractivity contribution in [3.05, 3.63) is 29.8 Å². The van der Waals surface area contributed by atoms with Crippen LogP contribution in [0, 0.1) is 6.92 Å². The molecule has 0 amide bonds. The molecule has 0 aliphatic rings. The Labute approximate surface area is 201 Å². The van der Waals surface area contributed by atoms with E-state index in [1.807, 2.05) is 39.8 Å². The summed E-state index contributed by atoms with van der Waals surface area (Å²) >= 11 is 0. The highest BCUT2D eigenvalue weighted by atomic mass is 16.5. The minimum atomic E-state index is 0.854. The van der Waals surface area contributed by atoms with Crippen molar-refractivity contribution in [2.24, 2.45) is 0 Å². The van der Waals surface area contributed by atoms with E-state index in [-0.39, 0.29) is 0 Å². The molecule has 1 rings (SSSR count). The second-order valence-electron chi connectivity index (χ2n) is 6.90. The Morgan fingerprint density at radius 3 is 1.16 bits per heavy atom. The first-order chi connectivity index (χ1) is 15.0. The van der Waals surface area contributed by atoms with Crippen LogP contribution in [0.1, 0.15) is 153 Å². The van der Waals surface area contributed by atoms with Crippen molar-refractivity contribution in [3.63, 3.8) is 0 Å². The molecule has 0 unspecified atom stereocenters. The van der Waals surface area contributed by atoms with Crippen molar-refractivity contribution in [1.82, 2.24) is 0 Å². The monoisotopic (exact) mass is 443 g/mol. The van der Waals surface area contributed by atoms with Crippen LogP contribution in [0.4, 0.5) is 0 Å². The minimum Gasteiger partial charge on any atom is -0.494 e. The fraction of sp³-hybridized carbons (Fsp3) is 0.800. The molecule has 0 aromatic heterocycles. The molecule has 0 aliphatic carbocycles. The van der Waals surface area contributed by atoms with Crippen molar-refractivity contribution in [2.45, 2.75) is 155 Å². The summed E-state index contributed by atoms with van der Waals surface area (Å²) < 4.78 is 5.64. The summed E-state index contributed by atoms with van der Waals surface area (Å²) in [6, 6.07) is 8.27. The molecule has 0 aliphatic heterocycles. The summed E-state index contributed by atoms with van der Waals surface area (Å²) in [6.45, 7) is 30.2. The van der Waals surface area contributed by atoms with Crippen LogP contribution in [0.5, 0.6) is 5.75 Å². The third kappa shape index (κ3) is 73.1. The first-order valence-electron chi connectivity index (χ1n) is 13.7. The molecule has 0 N–H and O–H groups in total. The zero-order valence-electron chi connectivity index (χ0n) is 24.8. The van der Waals surface area contributed by atoms with Gasteiger partial charge in [0.2, 0.25) is 0 Å². The number of hydrogen-bond acceptors (Lipinski definition) is 1. The van der Waals surface area contributed by atoms with E-state index in [1.165, 1.54) is 63.4 Å². The van der Waals surface area contributed by atoms with Crippen LogP contribution in [-0.4, -0.2) is 6.61 Å². The Morgan fingerprint density at radius 2 is 0.839 bits per heavy atom. The predicted octanol–water partition coefficient (Wildman–Crippen LogP) is 12.1. The zero-order valence-corrected chi connectivity index (χ0v) is 24.8. The van der Waals surface area contributed by atoms with E-state index < -0.39 is 0 Å². The number of ether oxygens (including phenoxy) is 1. The third-order valence-corrected chi connectivity index (χ3v) is 2.54. The quantitative estimate of drug-likeness (QED) is 0.381. The van der Waals surface area contributed by atoms with Crippen molar-refractivity contribution >= 4 is 0 Å². The molecule has 1 aromatic carbocycles. The van der Waals surface area contributed by atoms with Crippen LogP contribution < -0.4 is 4.74 Å². The SMILES string of the molecule is CC.CC.CCC.CCC.CCC.CCC.CCCCCCCOc1ccc(C)cc1. The van der Waals surface area contributed by atoms with Crippen LogP contribution in [0.3, 0.4) is 0 Å². The summed E-state index contributed by atoms with van der Waals surface area (Å²) in [5, 5.41) is 0. The van der Waals surface area contributed by atoms with E-state index in [0.717, 1.165) is 12.4 Å². The van der Waals surface area contributed by atoms with Gasteiger partial charge < -0.3 is 4.74 Å². The van der Waals surface area contributed by atoms with Crippen LogP contribution >= 0.6 is 0 Å². The van der Waals surface area contributed by atoms with Crippen LogP contribution in [-0.2, 0) is 0 Å². The lowest BCUT2D eigenvalue weighted by Crippen LogP contribution is -1.97. The molecule has 1 aromatic rings. The Hall–Kier alpha value is -0.980. The van der Waals surface area contributed by atoms with E-state index in [4.69, 9.17) is 4.74 Å². The largest absolute Gasteiger partial charge is 0.494 e. The summed E-state index contributed by atoms with van der Waals surface area (Å²) in [5.41, 5.74) is 1.28. The van der Waals surface area contributed by atoms with Gasteiger partial charge in [0.15, 0.2) is 0 Å². The fourth-order valence-electron chi connectivity index (χ4n) is 1.53. The standard InChI is InChI=1S/C14H22O.4C3H8.2C2H6/c1-3-4-5-6-7-12-15-14-10-8-13(2)9-11-14;4*1-3-2;2*1-2/h8-11H,3-7,12H2,1-2H3;4*3H2,1-2H3;2*1-2H3. The lowest BCUT2D eigenvalue weighted by molar-refractivity contribution is 0.304. The Bertz CT molecular complexity index is 295. The second kappa shape index (κ2) is 56.8. The fourth-order valence-corrected chi connectivity index (χ4v) is 1.53. The Morgan fingerprint density at radius 1 is 0.516 bits per heavy atom. The maximum absolute atomic E-state index is 5.64. The molecule has 0 radical (unpaired) electrons. The van der Waals surface area contributed by atoms with E-state index in [2.05, 4.69) is 81.4 Å². The molecule has 0 saturated carbocycles. The molecule has 0 saturated heterocycles. The van der Waals surface area contributed by atoms with Crippen molar-refractivity contribution in [2.75, 3.05) is 6.61 Å². The molecule has 0 bridgehead atoms. The van der Waals surface area contributed by atoms with Gasteiger partial charge >= 0.3 is 0 Å². The van der Waals surface area contributed by atoms with Gasteiger partial charge in [0.1, 0.15) is 5.75 Å². The second-order valence-corrected chi connectivity index (χ2v) is 6.90. The van der Waals surface area contributed by atoms with Crippen LogP contribution in [0.2, 0.25) is 0 Å². The number of aryl methyl sites for hydroxylation is 1. The lowest BCUT2D eigenvalue weighted by Gasteiger charge is -2.05. The Kier molecular flexibility index (Phi) is 80.4. The molecule has 1 nitrogen and oxygen atoms in total. The first-order valence-corrected chi connectivity index (χ1v) is 13.7. The van der Waals surface area contributed by atoms with Crippen molar-refractivity contribution in [3.8, 4) is 5.75 Å². The average Bonchev–Trinajstić information content (AvgIpc) is 2.77. The molecule has 0 spiro atoms. The molecule has 0 heterocycles. The van der Waals surface area contributed by atoms with Gasteiger partial charge in [-0.25, -0.2) is 0 Å². The number of rotatable bonds is 7. The van der Waals surface area contributed by atoms with Crippen molar-refractivity contribution < 1.29 is 4.74 Å². The molecule has 0 fully saturated rings. The highest BCUT2D eigenvalue weighted by Gasteiger charge is 1.93. The number of hydrogen-bond donors (Lipinski definition) is 0. The zero-order chi connectivity index (χ0) is 25.8. The van der Waals surface area contributed by atoms with E-state index >= 15 is 0 Å². The van der Waals surface area contributed by atoms with Gasteiger partial charge in [-0.3, -0.25) is 0 Å². The number of unbranched alkanes of at least 4 members (excludes halogenated alkanes) is 4. The highest BCUT2D eigenvalue weighted by Crippen LogP contribution is 2.12. The minimum absolute atomic E-state index is 0.854. The molecule has 192 valence electrons. The summed E-state index contributed by atoms with van der Waals surface area (Å²) in [6.07, 6.45) is 11.5.